The van der Waals surface area contributed by atoms with Crippen LogP contribution in [0.5, 0.6) is 0 Å². The molecule has 3 nitrogen and oxygen atoms in total. The lowest BCUT2D eigenvalue weighted by molar-refractivity contribution is 0.103. The molecule has 1 aromatic heterocycles. The molecule has 22 heavy (non-hydrogen) atoms. The molecule has 0 bridgehead atoms. The van der Waals surface area contributed by atoms with E-state index in [1.807, 2.05) is 30.3 Å². The van der Waals surface area contributed by atoms with Gasteiger partial charge in [0.15, 0.2) is 0 Å². The Labute approximate surface area is 135 Å². The van der Waals surface area contributed by atoms with Gasteiger partial charge in [0.05, 0.1) is 16.2 Å². The van der Waals surface area contributed by atoms with Crippen molar-refractivity contribution in [2.24, 2.45) is 0 Å². The first-order chi connectivity index (χ1) is 10.6. The lowest BCUT2D eigenvalue weighted by atomic mass is 10.1. The van der Waals surface area contributed by atoms with Crippen LogP contribution in [0.4, 0.5) is 10.1 Å². The van der Waals surface area contributed by atoms with Crippen molar-refractivity contribution >= 4 is 34.5 Å². The molecule has 0 spiro atoms. The molecule has 0 unspecified atom stereocenters. The molecule has 110 valence electrons. The zero-order chi connectivity index (χ0) is 15.5. The van der Waals surface area contributed by atoms with E-state index in [1.165, 1.54) is 29.5 Å². The number of carbonyl (C=O) groups is 1. The van der Waals surface area contributed by atoms with E-state index >= 15 is 0 Å². The Morgan fingerprint density at radius 2 is 1.95 bits per heavy atom. The van der Waals surface area contributed by atoms with Crippen molar-refractivity contribution in [3.63, 3.8) is 0 Å². The maximum absolute atomic E-state index is 13.1. The van der Waals surface area contributed by atoms with Gasteiger partial charge in [-0.15, -0.1) is 11.3 Å². The summed E-state index contributed by atoms with van der Waals surface area (Å²) >= 11 is 6.96. The molecule has 0 aliphatic heterocycles. The van der Waals surface area contributed by atoms with Gasteiger partial charge in [-0.3, -0.25) is 4.79 Å². The van der Waals surface area contributed by atoms with Gasteiger partial charge in [-0.05, 0) is 18.2 Å². The summed E-state index contributed by atoms with van der Waals surface area (Å²) in [4.78, 5) is 17.1. The summed E-state index contributed by atoms with van der Waals surface area (Å²) in [6.45, 7) is 0. The number of halogens is 2. The van der Waals surface area contributed by atoms with Crippen LogP contribution in [0.2, 0.25) is 5.02 Å². The summed E-state index contributed by atoms with van der Waals surface area (Å²) in [7, 11) is 0. The van der Waals surface area contributed by atoms with E-state index in [0.29, 0.717) is 16.3 Å². The molecule has 0 atom stereocenters. The second-order valence-corrected chi connectivity index (χ2v) is 5.74. The molecule has 2 aromatic carbocycles. The lowest BCUT2D eigenvalue weighted by Gasteiger charge is -2.06. The van der Waals surface area contributed by atoms with Gasteiger partial charge < -0.3 is 5.32 Å². The highest BCUT2D eigenvalue weighted by atomic mass is 35.5. The van der Waals surface area contributed by atoms with E-state index in [2.05, 4.69) is 10.3 Å². The van der Waals surface area contributed by atoms with Crippen molar-refractivity contribution in [3.8, 4) is 11.3 Å². The van der Waals surface area contributed by atoms with E-state index < -0.39 is 5.82 Å². The Morgan fingerprint density at radius 3 is 2.68 bits per heavy atom. The molecule has 0 saturated heterocycles. The van der Waals surface area contributed by atoms with Crippen molar-refractivity contribution in [1.82, 2.24) is 4.98 Å². The van der Waals surface area contributed by atoms with E-state index in [4.69, 9.17) is 11.6 Å². The van der Waals surface area contributed by atoms with Crippen molar-refractivity contribution in [2.75, 3.05) is 5.32 Å². The van der Waals surface area contributed by atoms with Gasteiger partial charge in [-0.2, -0.15) is 0 Å². The Morgan fingerprint density at radius 1 is 1.18 bits per heavy atom. The van der Waals surface area contributed by atoms with Crippen molar-refractivity contribution in [3.05, 3.63) is 69.8 Å². The summed E-state index contributed by atoms with van der Waals surface area (Å²) < 4.78 is 13.1. The molecule has 1 heterocycles. The number of anilines is 1. The van der Waals surface area contributed by atoms with Crippen LogP contribution in [0.25, 0.3) is 11.3 Å². The van der Waals surface area contributed by atoms with Crippen molar-refractivity contribution in [2.45, 2.75) is 0 Å². The largest absolute Gasteiger partial charge is 0.321 e. The van der Waals surface area contributed by atoms with E-state index in [9.17, 15) is 9.18 Å². The predicted molar refractivity (Wildman–Crippen MR) is 86.9 cm³/mol. The number of hydrogen-bond donors (Lipinski definition) is 1. The topological polar surface area (TPSA) is 42.0 Å². The van der Waals surface area contributed by atoms with Crippen LogP contribution in [0.15, 0.2) is 54.0 Å². The number of amides is 1. The molecule has 6 heteroatoms. The second-order valence-electron chi connectivity index (χ2n) is 4.48. The van der Waals surface area contributed by atoms with Gasteiger partial charge in [0.1, 0.15) is 10.7 Å². The van der Waals surface area contributed by atoms with Crippen LogP contribution in [0.3, 0.4) is 0 Å². The molecule has 0 fully saturated rings. The maximum atomic E-state index is 13.1. The van der Waals surface area contributed by atoms with E-state index in [0.717, 1.165) is 5.56 Å². The predicted octanol–water partition coefficient (Wildman–Crippen LogP) is 4.85. The summed E-state index contributed by atoms with van der Waals surface area (Å²) in [5.74, 6) is -0.827. The van der Waals surface area contributed by atoms with Crippen molar-refractivity contribution in [1.29, 1.82) is 0 Å². The van der Waals surface area contributed by atoms with Crippen LogP contribution >= 0.6 is 22.9 Å². The van der Waals surface area contributed by atoms with Gasteiger partial charge in [0.25, 0.3) is 5.91 Å². The minimum absolute atomic E-state index is 0.0367. The second kappa shape index (κ2) is 6.25. The Hall–Kier alpha value is -2.24. The highest BCUT2D eigenvalue weighted by molar-refractivity contribution is 7.12. The van der Waals surface area contributed by atoms with Gasteiger partial charge >= 0.3 is 0 Å². The fraction of sp³-hybridized carbons (Fsp3) is 0. The lowest BCUT2D eigenvalue weighted by Crippen LogP contribution is -2.11. The van der Waals surface area contributed by atoms with Crippen LogP contribution in [-0.4, -0.2) is 10.9 Å². The third-order valence-electron chi connectivity index (χ3n) is 3.00. The molecule has 0 saturated carbocycles. The first-order valence-electron chi connectivity index (χ1n) is 6.40. The third kappa shape index (κ3) is 3.00. The summed E-state index contributed by atoms with van der Waals surface area (Å²) in [6.07, 6.45) is 0. The van der Waals surface area contributed by atoms with Crippen molar-refractivity contribution < 1.29 is 9.18 Å². The average Bonchev–Trinajstić information content (AvgIpc) is 3.01. The highest BCUT2D eigenvalue weighted by Gasteiger charge is 2.16. The van der Waals surface area contributed by atoms with Crippen LogP contribution in [-0.2, 0) is 0 Å². The number of nitrogens with one attached hydrogen (secondary N) is 1. The number of aromatic nitrogens is 1. The number of thiazole rings is 1. The zero-order valence-corrected chi connectivity index (χ0v) is 12.8. The SMILES string of the molecule is O=C(Nc1ccc(F)c(Cl)c1)c1scnc1-c1ccccc1. The van der Waals surface area contributed by atoms with Gasteiger partial charge in [-0.1, -0.05) is 41.9 Å². The number of hydrogen-bond acceptors (Lipinski definition) is 3. The molecule has 3 aromatic rings. The molecular weight excluding hydrogens is 323 g/mol. The number of carbonyl (C=O) groups excluding carboxylic acids is 1. The van der Waals surface area contributed by atoms with Crippen LogP contribution < -0.4 is 5.32 Å². The smallest absolute Gasteiger partial charge is 0.268 e. The number of nitrogens with zero attached hydrogens (tertiary/aromatic N) is 1. The molecular formula is C16H10ClFN2OS. The number of rotatable bonds is 3. The summed E-state index contributed by atoms with van der Waals surface area (Å²) in [5, 5.41) is 2.67. The van der Waals surface area contributed by atoms with E-state index in [1.54, 1.807) is 5.51 Å². The Kier molecular flexibility index (Phi) is 4.18. The molecule has 3 rings (SSSR count). The van der Waals surface area contributed by atoms with Crippen LogP contribution in [0.1, 0.15) is 9.67 Å². The third-order valence-corrected chi connectivity index (χ3v) is 4.11. The van der Waals surface area contributed by atoms with Gasteiger partial charge in [0.2, 0.25) is 0 Å². The Bertz CT molecular complexity index is 820. The quantitative estimate of drug-likeness (QED) is 0.744. The van der Waals surface area contributed by atoms with Gasteiger partial charge in [-0.25, -0.2) is 9.37 Å². The minimum atomic E-state index is -0.526. The van der Waals surface area contributed by atoms with Crippen LogP contribution in [0, 0.1) is 5.82 Å². The monoisotopic (exact) mass is 332 g/mol. The standard InChI is InChI=1S/C16H10ClFN2OS/c17-12-8-11(6-7-13(12)18)20-16(21)15-14(19-9-22-15)10-4-2-1-3-5-10/h1-9H,(H,20,21). The maximum Gasteiger partial charge on any atom is 0.268 e. The normalized spacial score (nSPS) is 10.5. The molecule has 0 aliphatic carbocycles. The van der Waals surface area contributed by atoms with Gasteiger partial charge in [0, 0.05) is 11.3 Å². The fourth-order valence-electron chi connectivity index (χ4n) is 1.97. The average molecular weight is 333 g/mol. The molecule has 1 amide bonds. The molecule has 0 aliphatic rings. The van der Waals surface area contributed by atoms with E-state index in [-0.39, 0.29) is 10.9 Å². The molecule has 0 radical (unpaired) electrons. The Balaban J connectivity index is 1.87. The summed E-state index contributed by atoms with van der Waals surface area (Å²) in [5.41, 5.74) is 3.54. The highest BCUT2D eigenvalue weighted by Crippen LogP contribution is 2.27. The first kappa shape index (κ1) is 14.7. The number of benzene rings is 2. The fourth-order valence-corrected chi connectivity index (χ4v) is 2.85. The first-order valence-corrected chi connectivity index (χ1v) is 7.66. The minimum Gasteiger partial charge on any atom is -0.321 e. The summed E-state index contributed by atoms with van der Waals surface area (Å²) in [6, 6.07) is 13.5. The molecule has 1 N–H and O–H groups in total. The zero-order valence-electron chi connectivity index (χ0n) is 11.2.